The third-order valence-corrected chi connectivity index (χ3v) is 7.17. The number of phenols is 1. The number of rotatable bonds is 7. The van der Waals surface area contributed by atoms with Crippen molar-refractivity contribution in [3.8, 4) is 5.75 Å². The van der Waals surface area contributed by atoms with Crippen molar-refractivity contribution in [3.63, 3.8) is 0 Å². The highest BCUT2D eigenvalue weighted by Gasteiger charge is 2.37. The fourth-order valence-corrected chi connectivity index (χ4v) is 5.77. The first-order valence-corrected chi connectivity index (χ1v) is 11.5. The number of aromatic hydroxyl groups is 1. The number of hydrogen-bond acceptors (Lipinski definition) is 1. The Kier molecular flexibility index (Phi) is 7.06. The molecule has 150 valence electrons. The van der Waals surface area contributed by atoms with Gasteiger partial charge >= 0.3 is 0 Å². The SMILES string of the molecule is CCCCCc1cc(O)cc(C[C@@H]2CCC[C@H]([C@]3(C)C=CC[C@H](C)C3)C2)c1. The molecule has 4 atom stereocenters. The molecular weight excluding hydrogens is 328 g/mol. The molecule has 1 heteroatoms. The molecule has 1 N–H and O–H groups in total. The van der Waals surface area contributed by atoms with Crippen molar-refractivity contribution >= 4 is 0 Å². The minimum Gasteiger partial charge on any atom is -0.508 e. The number of unbranched alkanes of at least 4 members (excludes halogenated alkanes) is 2. The predicted molar refractivity (Wildman–Crippen MR) is 116 cm³/mol. The summed E-state index contributed by atoms with van der Waals surface area (Å²) in [6.07, 6.45) is 19.1. The molecule has 0 heterocycles. The summed E-state index contributed by atoms with van der Waals surface area (Å²) < 4.78 is 0. The molecule has 0 saturated heterocycles. The number of benzene rings is 1. The van der Waals surface area contributed by atoms with Gasteiger partial charge in [-0.05, 0) is 91.4 Å². The van der Waals surface area contributed by atoms with Crippen LogP contribution in [-0.2, 0) is 12.8 Å². The molecule has 1 aromatic carbocycles. The fraction of sp³-hybridized carbons (Fsp3) is 0.692. The zero-order valence-electron chi connectivity index (χ0n) is 17.8. The van der Waals surface area contributed by atoms with Crippen molar-refractivity contribution in [3.05, 3.63) is 41.5 Å². The summed E-state index contributed by atoms with van der Waals surface area (Å²) in [5, 5.41) is 10.2. The van der Waals surface area contributed by atoms with E-state index in [1.807, 2.05) is 12.1 Å². The van der Waals surface area contributed by atoms with Crippen LogP contribution in [-0.4, -0.2) is 5.11 Å². The van der Waals surface area contributed by atoms with Crippen LogP contribution in [0.1, 0.15) is 89.7 Å². The van der Waals surface area contributed by atoms with Gasteiger partial charge in [-0.3, -0.25) is 0 Å². The van der Waals surface area contributed by atoms with Gasteiger partial charge in [-0.1, -0.05) is 64.7 Å². The Morgan fingerprint density at radius 1 is 1.11 bits per heavy atom. The highest BCUT2D eigenvalue weighted by atomic mass is 16.3. The van der Waals surface area contributed by atoms with Gasteiger partial charge in [0.1, 0.15) is 5.75 Å². The number of hydrogen-bond donors (Lipinski definition) is 1. The summed E-state index contributed by atoms with van der Waals surface area (Å²) in [5.74, 6) is 2.90. The molecule has 1 nitrogen and oxygen atoms in total. The average Bonchev–Trinajstić information content (AvgIpc) is 2.61. The van der Waals surface area contributed by atoms with E-state index in [9.17, 15) is 5.11 Å². The lowest BCUT2D eigenvalue weighted by Gasteiger charge is -2.43. The molecule has 1 fully saturated rings. The smallest absolute Gasteiger partial charge is 0.116 e. The van der Waals surface area contributed by atoms with E-state index < -0.39 is 0 Å². The second kappa shape index (κ2) is 9.30. The molecular formula is C26H40O. The molecule has 0 unspecified atom stereocenters. The largest absolute Gasteiger partial charge is 0.508 e. The number of allylic oxidation sites excluding steroid dienone is 2. The maximum absolute atomic E-state index is 10.2. The zero-order valence-corrected chi connectivity index (χ0v) is 17.8. The van der Waals surface area contributed by atoms with E-state index in [4.69, 9.17) is 0 Å². The first kappa shape index (κ1) is 20.5. The normalized spacial score (nSPS) is 31.1. The molecule has 0 radical (unpaired) electrons. The van der Waals surface area contributed by atoms with Gasteiger partial charge in [-0.2, -0.15) is 0 Å². The van der Waals surface area contributed by atoms with Crippen molar-refractivity contribution in [2.45, 2.75) is 91.4 Å². The van der Waals surface area contributed by atoms with Gasteiger partial charge in [-0.15, -0.1) is 0 Å². The van der Waals surface area contributed by atoms with Crippen LogP contribution in [0.25, 0.3) is 0 Å². The van der Waals surface area contributed by atoms with Crippen LogP contribution in [0.2, 0.25) is 0 Å². The van der Waals surface area contributed by atoms with Crippen LogP contribution in [0.4, 0.5) is 0 Å². The molecule has 0 spiro atoms. The molecule has 2 aliphatic rings. The van der Waals surface area contributed by atoms with Crippen LogP contribution in [0, 0.1) is 23.2 Å². The Morgan fingerprint density at radius 3 is 2.70 bits per heavy atom. The average molecular weight is 369 g/mol. The molecule has 2 aliphatic carbocycles. The van der Waals surface area contributed by atoms with Crippen molar-refractivity contribution in [2.24, 2.45) is 23.2 Å². The minimum atomic E-state index is 0.403. The standard InChI is InChI=1S/C26H40O/c1-4-5-6-10-22-15-23(18-25(27)17-22)14-21-11-7-12-24(16-21)26(3)13-8-9-20(2)19-26/h8,13,15,17-18,20-21,24,27H,4-7,9-12,14,16,19H2,1-3H3/t20-,21-,24-,26+/m0/s1. The van der Waals surface area contributed by atoms with Gasteiger partial charge in [-0.25, -0.2) is 0 Å². The van der Waals surface area contributed by atoms with E-state index >= 15 is 0 Å². The Bertz CT molecular complexity index is 631. The monoisotopic (exact) mass is 368 g/mol. The van der Waals surface area contributed by atoms with Gasteiger partial charge < -0.3 is 5.11 Å². The summed E-state index contributed by atoms with van der Waals surface area (Å²) in [5.41, 5.74) is 3.08. The fourth-order valence-electron chi connectivity index (χ4n) is 5.77. The van der Waals surface area contributed by atoms with E-state index in [1.165, 1.54) is 68.9 Å². The molecule has 3 rings (SSSR count). The van der Waals surface area contributed by atoms with E-state index in [0.717, 1.165) is 30.6 Å². The molecule has 0 aliphatic heterocycles. The van der Waals surface area contributed by atoms with Crippen LogP contribution in [0.3, 0.4) is 0 Å². The lowest BCUT2D eigenvalue weighted by atomic mass is 9.61. The topological polar surface area (TPSA) is 20.2 Å². The summed E-state index contributed by atoms with van der Waals surface area (Å²) in [4.78, 5) is 0. The second-order valence-electron chi connectivity index (χ2n) is 9.85. The van der Waals surface area contributed by atoms with Crippen LogP contribution in [0.15, 0.2) is 30.4 Å². The maximum Gasteiger partial charge on any atom is 0.116 e. The molecule has 1 saturated carbocycles. The van der Waals surface area contributed by atoms with Gasteiger partial charge in [0, 0.05) is 0 Å². The molecule has 0 aromatic heterocycles. The van der Waals surface area contributed by atoms with E-state index in [-0.39, 0.29) is 0 Å². The first-order valence-electron chi connectivity index (χ1n) is 11.5. The number of aryl methyl sites for hydroxylation is 1. The van der Waals surface area contributed by atoms with Gasteiger partial charge in [0.25, 0.3) is 0 Å². The highest BCUT2D eigenvalue weighted by Crippen LogP contribution is 2.48. The van der Waals surface area contributed by atoms with Crippen molar-refractivity contribution in [1.82, 2.24) is 0 Å². The Hall–Kier alpha value is -1.24. The molecule has 1 aromatic rings. The highest BCUT2D eigenvalue weighted by molar-refractivity contribution is 5.34. The third kappa shape index (κ3) is 5.62. The first-order chi connectivity index (χ1) is 13.0. The Balaban J connectivity index is 1.63. The van der Waals surface area contributed by atoms with Crippen LogP contribution >= 0.6 is 0 Å². The van der Waals surface area contributed by atoms with Gasteiger partial charge in [0.05, 0.1) is 0 Å². The summed E-state index contributed by atoms with van der Waals surface area (Å²) in [7, 11) is 0. The third-order valence-electron chi connectivity index (χ3n) is 7.17. The maximum atomic E-state index is 10.2. The lowest BCUT2D eigenvalue weighted by molar-refractivity contribution is 0.119. The minimum absolute atomic E-state index is 0.403. The van der Waals surface area contributed by atoms with E-state index in [1.54, 1.807) is 0 Å². The predicted octanol–water partition coefficient (Wildman–Crippen LogP) is 7.47. The lowest BCUT2D eigenvalue weighted by Crippen LogP contribution is -2.33. The number of phenolic OH excluding ortho intramolecular Hbond substituents is 1. The van der Waals surface area contributed by atoms with Gasteiger partial charge in [0.15, 0.2) is 0 Å². The summed E-state index contributed by atoms with van der Waals surface area (Å²) in [6.45, 7) is 7.16. The van der Waals surface area contributed by atoms with Crippen molar-refractivity contribution < 1.29 is 5.11 Å². The second-order valence-corrected chi connectivity index (χ2v) is 9.85. The van der Waals surface area contributed by atoms with Crippen molar-refractivity contribution in [1.29, 1.82) is 0 Å². The van der Waals surface area contributed by atoms with Crippen LogP contribution < -0.4 is 0 Å². The summed E-state index contributed by atoms with van der Waals surface area (Å²) in [6, 6.07) is 6.35. The Labute approximate surface area is 167 Å². The van der Waals surface area contributed by atoms with E-state index in [0.29, 0.717) is 11.2 Å². The Morgan fingerprint density at radius 2 is 1.93 bits per heavy atom. The summed E-state index contributed by atoms with van der Waals surface area (Å²) >= 11 is 0. The zero-order chi connectivity index (χ0) is 19.3. The van der Waals surface area contributed by atoms with E-state index in [2.05, 4.69) is 39.0 Å². The van der Waals surface area contributed by atoms with Gasteiger partial charge in [0.2, 0.25) is 0 Å². The quantitative estimate of drug-likeness (QED) is 0.391. The molecule has 0 bridgehead atoms. The molecule has 0 amide bonds. The molecule has 27 heavy (non-hydrogen) atoms. The van der Waals surface area contributed by atoms with Crippen molar-refractivity contribution in [2.75, 3.05) is 0 Å². The van der Waals surface area contributed by atoms with Crippen LogP contribution in [0.5, 0.6) is 5.75 Å².